The van der Waals surface area contributed by atoms with Crippen molar-refractivity contribution in [3.05, 3.63) is 40.9 Å². The van der Waals surface area contributed by atoms with E-state index in [1.165, 1.54) is 0 Å². The third-order valence-corrected chi connectivity index (χ3v) is 4.91. The molecular formula is C16H19ClN4OS. The number of aromatic nitrogens is 1. The van der Waals surface area contributed by atoms with E-state index in [9.17, 15) is 4.79 Å². The summed E-state index contributed by atoms with van der Waals surface area (Å²) in [5.74, 6) is 0.442. The van der Waals surface area contributed by atoms with Gasteiger partial charge in [-0.15, -0.1) is 11.3 Å². The fraction of sp³-hybridized carbons (Fsp3) is 0.375. The smallest absolute Gasteiger partial charge is 0.319 e. The van der Waals surface area contributed by atoms with E-state index in [4.69, 9.17) is 11.6 Å². The predicted molar refractivity (Wildman–Crippen MR) is 95.5 cm³/mol. The SMILES string of the molecule is O=C(NCC1CCCN(c2nccs2)C1)Nc1cccc(Cl)c1. The summed E-state index contributed by atoms with van der Waals surface area (Å²) in [7, 11) is 0. The second-order valence-corrected chi connectivity index (χ2v) is 6.92. The van der Waals surface area contributed by atoms with Gasteiger partial charge < -0.3 is 15.5 Å². The number of anilines is 2. The maximum atomic E-state index is 12.0. The molecular weight excluding hydrogens is 332 g/mol. The monoisotopic (exact) mass is 350 g/mol. The van der Waals surface area contributed by atoms with Gasteiger partial charge in [-0.2, -0.15) is 0 Å². The summed E-state index contributed by atoms with van der Waals surface area (Å²) in [5, 5.41) is 9.42. The first kappa shape index (κ1) is 16.1. The lowest BCUT2D eigenvalue weighted by atomic mass is 9.98. The maximum absolute atomic E-state index is 12.0. The molecule has 1 atom stereocenters. The van der Waals surface area contributed by atoms with E-state index in [1.54, 1.807) is 23.5 Å². The Bertz CT molecular complexity index is 649. The van der Waals surface area contributed by atoms with Crippen LogP contribution in [0.2, 0.25) is 5.02 Å². The Morgan fingerprint density at radius 1 is 1.48 bits per heavy atom. The lowest BCUT2D eigenvalue weighted by Gasteiger charge is -2.32. The minimum absolute atomic E-state index is 0.196. The number of carbonyl (C=O) groups excluding carboxylic acids is 1. The van der Waals surface area contributed by atoms with Crippen molar-refractivity contribution in [2.24, 2.45) is 5.92 Å². The van der Waals surface area contributed by atoms with Gasteiger partial charge in [0.25, 0.3) is 0 Å². The van der Waals surface area contributed by atoms with Crippen molar-refractivity contribution in [3.63, 3.8) is 0 Å². The lowest BCUT2D eigenvalue weighted by Crippen LogP contribution is -2.42. The molecule has 2 aromatic rings. The quantitative estimate of drug-likeness (QED) is 0.881. The number of carbonyl (C=O) groups is 1. The van der Waals surface area contributed by atoms with Crippen LogP contribution >= 0.6 is 22.9 Å². The minimum Gasteiger partial charge on any atom is -0.348 e. The molecule has 1 unspecified atom stereocenters. The summed E-state index contributed by atoms with van der Waals surface area (Å²) < 4.78 is 0. The molecule has 7 heteroatoms. The highest BCUT2D eigenvalue weighted by molar-refractivity contribution is 7.13. The van der Waals surface area contributed by atoms with Crippen molar-refractivity contribution in [1.82, 2.24) is 10.3 Å². The number of hydrogen-bond donors (Lipinski definition) is 2. The van der Waals surface area contributed by atoms with Gasteiger partial charge in [0.15, 0.2) is 5.13 Å². The highest BCUT2D eigenvalue weighted by atomic mass is 35.5. The molecule has 2 amide bonds. The molecule has 0 aliphatic carbocycles. The van der Waals surface area contributed by atoms with Gasteiger partial charge >= 0.3 is 6.03 Å². The molecule has 2 heterocycles. The first-order valence-corrected chi connectivity index (χ1v) is 8.91. The van der Waals surface area contributed by atoms with E-state index in [1.807, 2.05) is 23.7 Å². The van der Waals surface area contributed by atoms with Crippen LogP contribution in [0.25, 0.3) is 0 Å². The van der Waals surface area contributed by atoms with Gasteiger partial charge in [-0.05, 0) is 37.0 Å². The molecule has 1 saturated heterocycles. The normalized spacial score (nSPS) is 17.8. The molecule has 3 rings (SSSR count). The van der Waals surface area contributed by atoms with Crippen molar-refractivity contribution in [2.75, 3.05) is 29.9 Å². The van der Waals surface area contributed by atoms with Crippen LogP contribution in [0, 0.1) is 5.92 Å². The zero-order valence-electron chi connectivity index (χ0n) is 12.7. The van der Waals surface area contributed by atoms with Crippen molar-refractivity contribution < 1.29 is 4.79 Å². The lowest BCUT2D eigenvalue weighted by molar-refractivity contribution is 0.249. The highest BCUT2D eigenvalue weighted by Crippen LogP contribution is 2.24. The number of nitrogens with one attached hydrogen (secondary N) is 2. The number of urea groups is 1. The molecule has 1 fully saturated rings. The highest BCUT2D eigenvalue weighted by Gasteiger charge is 2.21. The Labute approximate surface area is 144 Å². The molecule has 122 valence electrons. The molecule has 5 nitrogen and oxygen atoms in total. The average molecular weight is 351 g/mol. The van der Waals surface area contributed by atoms with Gasteiger partial charge in [0.2, 0.25) is 0 Å². The Kier molecular flexibility index (Phi) is 5.35. The van der Waals surface area contributed by atoms with Gasteiger partial charge in [-0.25, -0.2) is 9.78 Å². The molecule has 1 aliphatic heterocycles. The largest absolute Gasteiger partial charge is 0.348 e. The standard InChI is InChI=1S/C16H19ClN4OS/c17-13-4-1-5-14(9-13)20-15(22)19-10-12-3-2-7-21(11-12)16-18-6-8-23-16/h1,4-6,8-9,12H,2-3,7,10-11H2,(H2,19,20,22). The van der Waals surface area contributed by atoms with Gasteiger partial charge in [0, 0.05) is 41.9 Å². The van der Waals surface area contributed by atoms with Crippen LogP contribution in [-0.2, 0) is 0 Å². The minimum atomic E-state index is -0.196. The van der Waals surface area contributed by atoms with Gasteiger partial charge in [0.05, 0.1) is 0 Å². The molecule has 0 radical (unpaired) electrons. The van der Waals surface area contributed by atoms with E-state index in [-0.39, 0.29) is 6.03 Å². The summed E-state index contributed by atoms with van der Waals surface area (Å²) in [6.07, 6.45) is 4.08. The van der Waals surface area contributed by atoms with E-state index >= 15 is 0 Å². The number of amides is 2. The molecule has 1 aromatic heterocycles. The van der Waals surface area contributed by atoms with Crippen LogP contribution in [-0.4, -0.2) is 30.6 Å². The number of piperidine rings is 1. The van der Waals surface area contributed by atoms with Crippen molar-refractivity contribution >= 4 is 39.8 Å². The van der Waals surface area contributed by atoms with Crippen molar-refractivity contribution in [2.45, 2.75) is 12.8 Å². The van der Waals surface area contributed by atoms with E-state index < -0.39 is 0 Å². The number of rotatable bonds is 4. The first-order valence-electron chi connectivity index (χ1n) is 7.65. The molecule has 0 bridgehead atoms. The number of halogens is 1. The summed E-state index contributed by atoms with van der Waals surface area (Å²) in [4.78, 5) is 18.7. The molecule has 23 heavy (non-hydrogen) atoms. The van der Waals surface area contributed by atoms with Gasteiger partial charge in [-0.3, -0.25) is 0 Å². The van der Waals surface area contributed by atoms with E-state index in [0.29, 0.717) is 23.2 Å². The Morgan fingerprint density at radius 3 is 3.17 bits per heavy atom. The molecule has 0 saturated carbocycles. The van der Waals surface area contributed by atoms with Crippen LogP contribution in [0.15, 0.2) is 35.8 Å². The second-order valence-electron chi connectivity index (χ2n) is 5.61. The Balaban J connectivity index is 1.47. The molecule has 1 aromatic carbocycles. The summed E-state index contributed by atoms with van der Waals surface area (Å²) in [5.41, 5.74) is 0.697. The fourth-order valence-corrected chi connectivity index (χ4v) is 3.63. The van der Waals surface area contributed by atoms with Crippen LogP contribution < -0.4 is 15.5 Å². The van der Waals surface area contributed by atoms with Crippen LogP contribution in [0.1, 0.15) is 12.8 Å². The van der Waals surface area contributed by atoms with E-state index in [2.05, 4.69) is 20.5 Å². The summed E-state index contributed by atoms with van der Waals surface area (Å²) in [6, 6.07) is 6.94. The van der Waals surface area contributed by atoms with Gasteiger partial charge in [-0.1, -0.05) is 17.7 Å². The number of hydrogen-bond acceptors (Lipinski definition) is 4. The van der Waals surface area contributed by atoms with E-state index in [0.717, 1.165) is 31.1 Å². The molecule has 0 spiro atoms. The average Bonchev–Trinajstić information content (AvgIpc) is 3.08. The zero-order chi connectivity index (χ0) is 16.1. The first-order chi connectivity index (χ1) is 11.2. The van der Waals surface area contributed by atoms with Gasteiger partial charge in [0.1, 0.15) is 0 Å². The van der Waals surface area contributed by atoms with Crippen molar-refractivity contribution in [1.29, 1.82) is 0 Å². The topological polar surface area (TPSA) is 57.3 Å². The number of nitrogens with zero attached hydrogens (tertiary/aromatic N) is 2. The third-order valence-electron chi connectivity index (χ3n) is 3.84. The predicted octanol–water partition coefficient (Wildman–Crippen LogP) is 3.83. The Morgan fingerprint density at radius 2 is 2.39 bits per heavy atom. The van der Waals surface area contributed by atoms with Crippen molar-refractivity contribution in [3.8, 4) is 0 Å². The summed E-state index contributed by atoms with van der Waals surface area (Å²) >= 11 is 7.57. The third kappa shape index (κ3) is 4.59. The molecule has 1 aliphatic rings. The second kappa shape index (κ2) is 7.66. The zero-order valence-corrected chi connectivity index (χ0v) is 14.2. The maximum Gasteiger partial charge on any atom is 0.319 e. The fourth-order valence-electron chi connectivity index (χ4n) is 2.76. The number of thiazole rings is 1. The molecule has 2 N–H and O–H groups in total. The van der Waals surface area contributed by atoms with Crippen LogP contribution in [0.3, 0.4) is 0 Å². The van der Waals surface area contributed by atoms with Crippen LogP contribution in [0.5, 0.6) is 0 Å². The summed E-state index contributed by atoms with van der Waals surface area (Å²) in [6.45, 7) is 2.64. The number of benzene rings is 1. The Hall–Kier alpha value is -1.79. The van der Waals surface area contributed by atoms with Crippen LogP contribution in [0.4, 0.5) is 15.6 Å².